The van der Waals surface area contributed by atoms with Gasteiger partial charge in [0.1, 0.15) is 0 Å². The van der Waals surface area contributed by atoms with E-state index in [4.69, 9.17) is 0 Å². The molecule has 0 radical (unpaired) electrons. The average Bonchev–Trinajstić information content (AvgIpc) is 2.50. The molecule has 0 saturated carbocycles. The van der Waals surface area contributed by atoms with Crippen molar-refractivity contribution in [3.05, 3.63) is 34.9 Å². The Kier molecular flexibility index (Phi) is 8.55. The van der Waals surface area contributed by atoms with Gasteiger partial charge in [0.2, 0.25) is 5.91 Å². The lowest BCUT2D eigenvalue weighted by Gasteiger charge is -2.15. The van der Waals surface area contributed by atoms with Gasteiger partial charge in [-0.1, -0.05) is 23.8 Å². The van der Waals surface area contributed by atoms with Crippen LogP contribution < -0.4 is 10.6 Å². The van der Waals surface area contributed by atoms with E-state index in [1.165, 1.54) is 16.7 Å². The van der Waals surface area contributed by atoms with Gasteiger partial charge in [-0.05, 0) is 31.2 Å². The van der Waals surface area contributed by atoms with E-state index < -0.39 is 0 Å². The normalized spacial score (nSPS) is 11.3. The minimum atomic E-state index is 0.0240. The van der Waals surface area contributed by atoms with Crippen LogP contribution in [0.25, 0.3) is 0 Å². The third kappa shape index (κ3) is 7.41. The largest absolute Gasteiger partial charge is 0.356 e. The third-order valence-corrected chi connectivity index (χ3v) is 4.02. The number of thioether (sulfide) groups is 1. The van der Waals surface area contributed by atoms with Crippen molar-refractivity contribution in [3.8, 4) is 0 Å². The summed E-state index contributed by atoms with van der Waals surface area (Å²) in [6.07, 6.45) is 2.07. The van der Waals surface area contributed by atoms with E-state index in [-0.39, 0.29) is 12.5 Å². The first-order valence-electron chi connectivity index (χ1n) is 7.71. The van der Waals surface area contributed by atoms with Crippen molar-refractivity contribution in [1.29, 1.82) is 0 Å². The van der Waals surface area contributed by atoms with E-state index >= 15 is 0 Å². The maximum atomic E-state index is 11.7. The maximum Gasteiger partial charge on any atom is 0.241 e. The Balaban J connectivity index is 2.70. The molecule has 0 aliphatic heterocycles. The third-order valence-electron chi connectivity index (χ3n) is 3.41. The summed E-state index contributed by atoms with van der Waals surface area (Å²) in [4.78, 5) is 17.9. The topological polar surface area (TPSA) is 56.7 Å². The van der Waals surface area contributed by atoms with Gasteiger partial charge in [-0.2, -0.15) is 11.8 Å². The van der Waals surface area contributed by atoms with Crippen LogP contribution in [-0.4, -0.2) is 56.0 Å². The lowest BCUT2D eigenvalue weighted by molar-refractivity contribution is -0.127. The van der Waals surface area contributed by atoms with Gasteiger partial charge in [0.15, 0.2) is 5.96 Å². The van der Waals surface area contributed by atoms with E-state index in [9.17, 15) is 4.79 Å². The van der Waals surface area contributed by atoms with Gasteiger partial charge in [-0.15, -0.1) is 0 Å². The first-order valence-corrected chi connectivity index (χ1v) is 9.11. The number of rotatable bonds is 7. The second-order valence-corrected chi connectivity index (χ2v) is 6.64. The smallest absolute Gasteiger partial charge is 0.241 e. The number of aryl methyl sites for hydroxylation is 2. The molecule has 1 rings (SSSR count). The van der Waals surface area contributed by atoms with Crippen molar-refractivity contribution in [2.45, 2.75) is 20.4 Å². The molecule has 1 amide bonds. The zero-order chi connectivity index (χ0) is 17.2. The molecule has 5 nitrogen and oxygen atoms in total. The van der Waals surface area contributed by atoms with Gasteiger partial charge in [-0.25, -0.2) is 4.99 Å². The van der Waals surface area contributed by atoms with Crippen LogP contribution in [0, 0.1) is 13.8 Å². The number of aliphatic imine (C=N–C) groups is 1. The van der Waals surface area contributed by atoms with Crippen LogP contribution in [0.1, 0.15) is 16.7 Å². The standard InChI is InChI=1S/C17H28N4OS/c1-13-6-7-15(14(2)10-13)11-19-17(18-8-9-23-5)20-12-16(22)21(3)4/h6-7,10H,8-9,11-12H2,1-5H3,(H2,18,19,20). The summed E-state index contributed by atoms with van der Waals surface area (Å²) in [6.45, 7) is 5.84. The first-order chi connectivity index (χ1) is 10.9. The molecule has 2 N–H and O–H groups in total. The number of carbonyl (C=O) groups excluding carboxylic acids is 1. The van der Waals surface area contributed by atoms with E-state index in [1.54, 1.807) is 30.8 Å². The van der Waals surface area contributed by atoms with Gasteiger partial charge < -0.3 is 15.5 Å². The molecule has 0 fully saturated rings. The summed E-state index contributed by atoms with van der Waals surface area (Å²) in [5, 5.41) is 6.36. The summed E-state index contributed by atoms with van der Waals surface area (Å²) in [5.41, 5.74) is 3.69. The Morgan fingerprint density at radius 3 is 2.61 bits per heavy atom. The Labute approximate surface area is 143 Å². The fourth-order valence-corrected chi connectivity index (χ4v) is 2.26. The van der Waals surface area contributed by atoms with Crippen molar-refractivity contribution in [2.75, 3.05) is 39.2 Å². The summed E-state index contributed by atoms with van der Waals surface area (Å²) >= 11 is 1.77. The van der Waals surface area contributed by atoms with Crippen molar-refractivity contribution in [1.82, 2.24) is 15.5 Å². The predicted octanol–water partition coefficient (Wildman–Crippen LogP) is 1.79. The summed E-state index contributed by atoms with van der Waals surface area (Å²) in [7, 11) is 3.50. The molecule has 23 heavy (non-hydrogen) atoms. The Morgan fingerprint density at radius 2 is 2.00 bits per heavy atom. The Bertz CT molecular complexity index is 543. The lowest BCUT2D eigenvalue weighted by atomic mass is 10.1. The molecule has 0 bridgehead atoms. The summed E-state index contributed by atoms with van der Waals surface area (Å²) in [5.74, 6) is 1.69. The zero-order valence-corrected chi connectivity index (χ0v) is 15.6. The number of hydrogen-bond acceptors (Lipinski definition) is 3. The molecule has 0 spiro atoms. The number of nitrogens with zero attached hydrogens (tertiary/aromatic N) is 2. The van der Waals surface area contributed by atoms with Crippen molar-refractivity contribution in [2.24, 2.45) is 4.99 Å². The van der Waals surface area contributed by atoms with Crippen LogP contribution in [0.5, 0.6) is 0 Å². The number of likely N-dealkylation sites (N-methyl/N-ethyl adjacent to an activating group) is 1. The van der Waals surface area contributed by atoms with Gasteiger partial charge in [0.25, 0.3) is 0 Å². The van der Waals surface area contributed by atoms with E-state index in [0.717, 1.165) is 12.3 Å². The van der Waals surface area contributed by atoms with Crippen LogP contribution in [0.15, 0.2) is 23.2 Å². The summed E-state index contributed by atoms with van der Waals surface area (Å²) < 4.78 is 0. The molecule has 0 aliphatic carbocycles. The maximum absolute atomic E-state index is 11.7. The second kappa shape index (κ2) is 10.2. The number of benzene rings is 1. The fourth-order valence-electron chi connectivity index (χ4n) is 1.95. The quantitative estimate of drug-likeness (QED) is 0.453. The fraction of sp³-hybridized carbons (Fsp3) is 0.529. The molecular formula is C17H28N4OS. The number of amides is 1. The van der Waals surface area contributed by atoms with Crippen LogP contribution in [-0.2, 0) is 11.3 Å². The van der Waals surface area contributed by atoms with Crippen LogP contribution >= 0.6 is 11.8 Å². The molecule has 128 valence electrons. The van der Waals surface area contributed by atoms with Gasteiger partial charge in [0, 0.05) is 26.4 Å². The van der Waals surface area contributed by atoms with E-state index in [0.29, 0.717) is 12.5 Å². The van der Waals surface area contributed by atoms with E-state index in [2.05, 4.69) is 53.9 Å². The SMILES string of the molecule is CSCCNC(=NCc1ccc(C)cc1C)NCC(=O)N(C)C. The highest BCUT2D eigenvalue weighted by molar-refractivity contribution is 7.98. The highest BCUT2D eigenvalue weighted by atomic mass is 32.2. The molecule has 0 atom stereocenters. The minimum Gasteiger partial charge on any atom is -0.356 e. The van der Waals surface area contributed by atoms with Gasteiger partial charge >= 0.3 is 0 Å². The van der Waals surface area contributed by atoms with Crippen LogP contribution in [0.3, 0.4) is 0 Å². The number of nitrogens with one attached hydrogen (secondary N) is 2. The number of hydrogen-bond donors (Lipinski definition) is 2. The van der Waals surface area contributed by atoms with Crippen LogP contribution in [0.4, 0.5) is 0 Å². The second-order valence-electron chi connectivity index (χ2n) is 5.66. The highest BCUT2D eigenvalue weighted by Gasteiger charge is 2.06. The van der Waals surface area contributed by atoms with E-state index in [1.807, 2.05) is 0 Å². The Morgan fingerprint density at radius 1 is 1.26 bits per heavy atom. The number of guanidine groups is 1. The number of carbonyl (C=O) groups is 1. The molecule has 0 aromatic heterocycles. The summed E-state index contributed by atoms with van der Waals surface area (Å²) in [6, 6.07) is 6.37. The lowest BCUT2D eigenvalue weighted by Crippen LogP contribution is -2.43. The zero-order valence-electron chi connectivity index (χ0n) is 14.8. The average molecular weight is 337 g/mol. The first kappa shape index (κ1) is 19.4. The Hall–Kier alpha value is -1.69. The molecule has 0 heterocycles. The molecule has 6 heteroatoms. The molecule has 0 unspecified atom stereocenters. The minimum absolute atomic E-state index is 0.0240. The molecule has 1 aromatic carbocycles. The highest BCUT2D eigenvalue weighted by Crippen LogP contribution is 2.11. The molecule has 0 aliphatic rings. The molecule has 1 aromatic rings. The van der Waals surface area contributed by atoms with Crippen molar-refractivity contribution in [3.63, 3.8) is 0 Å². The van der Waals surface area contributed by atoms with Crippen molar-refractivity contribution >= 4 is 23.6 Å². The molecular weight excluding hydrogens is 308 g/mol. The van der Waals surface area contributed by atoms with Crippen molar-refractivity contribution < 1.29 is 4.79 Å². The van der Waals surface area contributed by atoms with Gasteiger partial charge in [0.05, 0.1) is 13.1 Å². The van der Waals surface area contributed by atoms with Gasteiger partial charge in [-0.3, -0.25) is 4.79 Å². The predicted molar refractivity (Wildman–Crippen MR) is 100 cm³/mol. The monoisotopic (exact) mass is 336 g/mol. The van der Waals surface area contributed by atoms with Crippen LogP contribution in [0.2, 0.25) is 0 Å². The molecule has 0 saturated heterocycles.